The Morgan fingerprint density at radius 2 is 1.69 bits per heavy atom. The van der Waals surface area contributed by atoms with Crippen molar-refractivity contribution in [2.75, 3.05) is 16.4 Å². The molecule has 0 atom stereocenters. The third-order valence-corrected chi connectivity index (χ3v) is 4.20. The zero-order valence-electron chi connectivity index (χ0n) is 13.6. The summed E-state index contributed by atoms with van der Waals surface area (Å²) in [5, 5.41) is 5.73. The Morgan fingerprint density at radius 1 is 1.08 bits per heavy atom. The number of aromatic amines is 1. The summed E-state index contributed by atoms with van der Waals surface area (Å²) >= 11 is 1.12. The third kappa shape index (κ3) is 4.37. The molecule has 3 rings (SSSR count). The number of imidazole rings is 1. The molecule has 3 aromatic rings. The molecule has 0 saturated heterocycles. The first-order valence-electron chi connectivity index (χ1n) is 7.56. The highest BCUT2D eigenvalue weighted by Gasteiger charge is 2.11. The van der Waals surface area contributed by atoms with E-state index in [9.17, 15) is 18.4 Å². The monoisotopic (exact) mass is 376 g/mol. The number of nitrogens with one attached hydrogen (secondary N) is 3. The molecule has 0 aliphatic heterocycles. The van der Waals surface area contributed by atoms with Gasteiger partial charge in [-0.15, -0.1) is 0 Å². The highest BCUT2D eigenvalue weighted by Crippen LogP contribution is 2.22. The lowest BCUT2D eigenvalue weighted by atomic mass is 10.3. The molecule has 0 spiro atoms. The van der Waals surface area contributed by atoms with E-state index in [1.807, 2.05) is 0 Å². The van der Waals surface area contributed by atoms with Crippen molar-refractivity contribution >= 4 is 46.0 Å². The molecule has 0 bridgehead atoms. The molecule has 0 fully saturated rings. The molecular weight excluding hydrogens is 362 g/mol. The van der Waals surface area contributed by atoms with E-state index in [0.717, 1.165) is 23.9 Å². The number of H-pyrrole nitrogens is 1. The molecular formula is C17H14F2N4O2S. The predicted octanol–water partition coefficient (Wildman–Crippen LogP) is 3.53. The van der Waals surface area contributed by atoms with Crippen molar-refractivity contribution in [1.82, 2.24) is 9.97 Å². The van der Waals surface area contributed by atoms with Crippen molar-refractivity contribution in [3.8, 4) is 0 Å². The number of carbonyl (C=O) groups excluding carboxylic acids is 2. The molecule has 6 nitrogen and oxygen atoms in total. The minimum Gasteiger partial charge on any atom is -0.333 e. The van der Waals surface area contributed by atoms with E-state index in [4.69, 9.17) is 0 Å². The van der Waals surface area contributed by atoms with Gasteiger partial charge >= 0.3 is 0 Å². The number of thioether (sulfide) groups is 1. The highest BCUT2D eigenvalue weighted by molar-refractivity contribution is 7.99. The second-order valence-electron chi connectivity index (χ2n) is 5.42. The van der Waals surface area contributed by atoms with Crippen LogP contribution >= 0.6 is 11.8 Å². The molecule has 134 valence electrons. The predicted molar refractivity (Wildman–Crippen MR) is 96.1 cm³/mol. The van der Waals surface area contributed by atoms with E-state index >= 15 is 0 Å². The molecule has 9 heteroatoms. The number of carbonyl (C=O) groups is 2. The van der Waals surface area contributed by atoms with Gasteiger partial charge in [-0.2, -0.15) is 0 Å². The van der Waals surface area contributed by atoms with Gasteiger partial charge in [0.15, 0.2) is 16.8 Å². The molecule has 0 unspecified atom stereocenters. The van der Waals surface area contributed by atoms with Gasteiger partial charge in [0.2, 0.25) is 11.8 Å². The zero-order chi connectivity index (χ0) is 18.7. The first-order chi connectivity index (χ1) is 12.4. The Bertz CT molecular complexity index is 934. The summed E-state index contributed by atoms with van der Waals surface area (Å²) in [5.41, 5.74) is 1.87. The van der Waals surface area contributed by atoms with Crippen LogP contribution < -0.4 is 10.6 Å². The molecule has 2 amide bonds. The Labute approximate surface area is 151 Å². The standard InChI is InChI=1S/C17H14F2N4O2S/c1-9(24)20-10-2-4-11(5-3-10)21-16(25)8-26-17-22-14-6-12(18)13(19)7-15(14)23-17/h2-7H,8H2,1H3,(H,20,24)(H,21,25)(H,22,23). The fourth-order valence-corrected chi connectivity index (χ4v) is 2.91. The Hall–Kier alpha value is -2.94. The van der Waals surface area contributed by atoms with Crippen molar-refractivity contribution in [2.45, 2.75) is 12.1 Å². The van der Waals surface area contributed by atoms with Crippen molar-refractivity contribution in [3.05, 3.63) is 48.0 Å². The Kier molecular flexibility index (Phi) is 5.17. The third-order valence-electron chi connectivity index (χ3n) is 3.33. The van der Waals surface area contributed by atoms with Gasteiger partial charge in [0, 0.05) is 30.4 Å². The van der Waals surface area contributed by atoms with E-state index in [0.29, 0.717) is 27.6 Å². The molecule has 1 heterocycles. The van der Waals surface area contributed by atoms with E-state index in [1.54, 1.807) is 24.3 Å². The lowest BCUT2D eigenvalue weighted by Crippen LogP contribution is -2.14. The molecule has 0 aliphatic carbocycles. The van der Waals surface area contributed by atoms with Gasteiger partial charge in [-0.05, 0) is 24.3 Å². The number of anilines is 2. The summed E-state index contributed by atoms with van der Waals surface area (Å²) in [6, 6.07) is 8.71. The second kappa shape index (κ2) is 7.52. The second-order valence-corrected chi connectivity index (χ2v) is 6.38. The van der Waals surface area contributed by atoms with Crippen molar-refractivity contribution in [2.24, 2.45) is 0 Å². The summed E-state index contributed by atoms with van der Waals surface area (Å²) in [7, 11) is 0. The summed E-state index contributed by atoms with van der Waals surface area (Å²) < 4.78 is 26.4. The minimum absolute atomic E-state index is 0.0677. The average Bonchev–Trinajstić information content (AvgIpc) is 2.96. The maximum Gasteiger partial charge on any atom is 0.234 e. The van der Waals surface area contributed by atoms with Crippen LogP contribution in [0.5, 0.6) is 0 Å². The van der Waals surface area contributed by atoms with Crippen LogP contribution in [0.4, 0.5) is 20.2 Å². The van der Waals surface area contributed by atoms with E-state index in [1.165, 1.54) is 6.92 Å². The number of rotatable bonds is 5. The fourth-order valence-electron chi connectivity index (χ4n) is 2.22. The van der Waals surface area contributed by atoms with Gasteiger partial charge in [0.25, 0.3) is 0 Å². The molecule has 0 radical (unpaired) electrons. The summed E-state index contributed by atoms with van der Waals surface area (Å²) in [6.07, 6.45) is 0. The van der Waals surface area contributed by atoms with Crippen LogP contribution in [0.3, 0.4) is 0 Å². The number of aromatic nitrogens is 2. The minimum atomic E-state index is -0.971. The number of hydrogen-bond acceptors (Lipinski definition) is 4. The van der Waals surface area contributed by atoms with Gasteiger partial charge in [-0.3, -0.25) is 9.59 Å². The number of amides is 2. The van der Waals surface area contributed by atoms with Crippen LogP contribution in [-0.4, -0.2) is 27.5 Å². The van der Waals surface area contributed by atoms with Gasteiger partial charge in [-0.1, -0.05) is 11.8 Å². The SMILES string of the molecule is CC(=O)Nc1ccc(NC(=O)CSc2nc3cc(F)c(F)cc3[nH]2)cc1. The average molecular weight is 376 g/mol. The molecule has 3 N–H and O–H groups in total. The van der Waals surface area contributed by atoms with Crippen LogP contribution in [0.25, 0.3) is 11.0 Å². The topological polar surface area (TPSA) is 86.9 Å². The van der Waals surface area contributed by atoms with E-state index in [-0.39, 0.29) is 17.6 Å². The smallest absolute Gasteiger partial charge is 0.234 e. The van der Waals surface area contributed by atoms with Crippen molar-refractivity contribution < 1.29 is 18.4 Å². The maximum absolute atomic E-state index is 13.2. The van der Waals surface area contributed by atoms with Gasteiger partial charge < -0.3 is 15.6 Å². The number of benzene rings is 2. The largest absolute Gasteiger partial charge is 0.333 e. The maximum atomic E-state index is 13.2. The lowest BCUT2D eigenvalue weighted by molar-refractivity contribution is -0.114. The number of halogens is 2. The molecule has 0 aliphatic rings. The van der Waals surface area contributed by atoms with Gasteiger partial charge in [0.1, 0.15) is 0 Å². The van der Waals surface area contributed by atoms with Crippen LogP contribution in [-0.2, 0) is 9.59 Å². The summed E-state index contributed by atoms with van der Waals surface area (Å²) in [6.45, 7) is 1.41. The Morgan fingerprint density at radius 3 is 2.35 bits per heavy atom. The van der Waals surface area contributed by atoms with Crippen LogP contribution in [0.2, 0.25) is 0 Å². The number of nitrogens with zero attached hydrogens (tertiary/aromatic N) is 1. The van der Waals surface area contributed by atoms with Gasteiger partial charge in [0.05, 0.1) is 16.8 Å². The van der Waals surface area contributed by atoms with E-state index < -0.39 is 11.6 Å². The first-order valence-corrected chi connectivity index (χ1v) is 8.54. The highest BCUT2D eigenvalue weighted by atomic mass is 32.2. The quantitative estimate of drug-likeness (QED) is 0.595. The van der Waals surface area contributed by atoms with Crippen LogP contribution in [0.15, 0.2) is 41.6 Å². The molecule has 2 aromatic carbocycles. The van der Waals surface area contributed by atoms with Crippen LogP contribution in [0.1, 0.15) is 6.92 Å². The zero-order valence-corrected chi connectivity index (χ0v) is 14.4. The molecule has 26 heavy (non-hydrogen) atoms. The fraction of sp³-hybridized carbons (Fsp3) is 0.118. The number of hydrogen-bond donors (Lipinski definition) is 3. The first kappa shape index (κ1) is 17.9. The van der Waals surface area contributed by atoms with Crippen LogP contribution in [0, 0.1) is 11.6 Å². The van der Waals surface area contributed by atoms with Crippen molar-refractivity contribution in [3.63, 3.8) is 0 Å². The lowest BCUT2D eigenvalue weighted by Gasteiger charge is -2.06. The van der Waals surface area contributed by atoms with E-state index in [2.05, 4.69) is 20.6 Å². The summed E-state index contributed by atoms with van der Waals surface area (Å²) in [4.78, 5) is 29.9. The van der Waals surface area contributed by atoms with Crippen molar-refractivity contribution in [1.29, 1.82) is 0 Å². The molecule has 0 saturated carbocycles. The number of fused-ring (bicyclic) bond motifs is 1. The molecule has 1 aromatic heterocycles. The van der Waals surface area contributed by atoms with Gasteiger partial charge in [-0.25, -0.2) is 13.8 Å². The normalized spacial score (nSPS) is 10.7. The Balaban J connectivity index is 1.57. The summed E-state index contributed by atoms with van der Waals surface area (Å²) in [5.74, 6) is -2.30.